The van der Waals surface area contributed by atoms with Gasteiger partial charge in [-0.3, -0.25) is 10.1 Å². The molecule has 21 heavy (non-hydrogen) atoms. The number of rotatable bonds is 3. The minimum Gasteiger partial charge on any atom is -0.465 e. The van der Waals surface area contributed by atoms with Gasteiger partial charge in [0.2, 0.25) is 0 Å². The normalized spacial score (nSPS) is 22.0. The third kappa shape index (κ3) is 3.30. The van der Waals surface area contributed by atoms with Crippen LogP contribution in [0.4, 0.5) is 11.4 Å². The molecule has 0 radical (unpaired) electrons. The van der Waals surface area contributed by atoms with Gasteiger partial charge in [0, 0.05) is 19.2 Å². The fourth-order valence-corrected chi connectivity index (χ4v) is 2.60. The number of hydrogen-bond donors (Lipinski definition) is 1. The van der Waals surface area contributed by atoms with Crippen molar-refractivity contribution in [2.24, 2.45) is 0 Å². The molecule has 0 bridgehead atoms. The molecule has 1 aliphatic heterocycles. The van der Waals surface area contributed by atoms with Crippen LogP contribution in [0, 0.1) is 10.1 Å². The topological polar surface area (TPSA) is 92.9 Å². The maximum Gasteiger partial charge on any atom is 0.337 e. The molecule has 1 fully saturated rings. The molecule has 0 aromatic heterocycles. The van der Waals surface area contributed by atoms with Crippen molar-refractivity contribution in [2.45, 2.75) is 25.4 Å². The van der Waals surface area contributed by atoms with E-state index in [0.29, 0.717) is 25.2 Å². The molecule has 1 aliphatic rings. The lowest BCUT2D eigenvalue weighted by Crippen LogP contribution is -2.46. The zero-order chi connectivity index (χ0) is 15.6. The van der Waals surface area contributed by atoms with Crippen molar-refractivity contribution < 1.29 is 19.6 Å². The number of nitro benzene ring substituents is 1. The van der Waals surface area contributed by atoms with E-state index in [1.54, 1.807) is 11.8 Å². The lowest BCUT2D eigenvalue weighted by molar-refractivity contribution is -0.384. The number of methoxy groups -OCH3 is 1. The predicted octanol–water partition coefficient (Wildman–Crippen LogP) is 1.73. The van der Waals surface area contributed by atoms with Gasteiger partial charge in [0.1, 0.15) is 5.69 Å². The van der Waals surface area contributed by atoms with Crippen molar-refractivity contribution in [3.8, 4) is 0 Å². The zero-order valence-corrected chi connectivity index (χ0v) is 12.0. The molecule has 1 unspecified atom stereocenters. The lowest BCUT2D eigenvalue weighted by atomic mass is 9.94. The summed E-state index contributed by atoms with van der Waals surface area (Å²) in [7, 11) is 1.26. The van der Waals surface area contributed by atoms with Crippen LogP contribution in [0.15, 0.2) is 18.2 Å². The molecule has 0 saturated carbocycles. The highest BCUT2D eigenvalue weighted by Gasteiger charge is 2.32. The third-order valence-electron chi connectivity index (χ3n) is 3.61. The number of anilines is 1. The Hall–Kier alpha value is -2.15. The van der Waals surface area contributed by atoms with E-state index in [9.17, 15) is 20.0 Å². The van der Waals surface area contributed by atoms with Crippen LogP contribution >= 0.6 is 0 Å². The first-order valence-corrected chi connectivity index (χ1v) is 6.68. The minimum atomic E-state index is -0.895. The van der Waals surface area contributed by atoms with E-state index in [0.717, 1.165) is 6.42 Å². The number of benzene rings is 1. The number of aliphatic hydroxyl groups is 1. The van der Waals surface area contributed by atoms with Crippen molar-refractivity contribution in [3.63, 3.8) is 0 Å². The summed E-state index contributed by atoms with van der Waals surface area (Å²) in [6.45, 7) is 2.59. The first-order valence-electron chi connectivity index (χ1n) is 6.68. The molecule has 114 valence electrons. The molecule has 0 aliphatic carbocycles. The van der Waals surface area contributed by atoms with Crippen LogP contribution in [0.25, 0.3) is 0 Å². The number of nitro groups is 1. The fourth-order valence-electron chi connectivity index (χ4n) is 2.60. The Morgan fingerprint density at radius 3 is 2.81 bits per heavy atom. The summed E-state index contributed by atoms with van der Waals surface area (Å²) in [4.78, 5) is 24.0. The molecule has 1 saturated heterocycles. The number of carbonyl (C=O) groups is 1. The molecule has 1 aromatic rings. The molecule has 7 heteroatoms. The Bertz CT molecular complexity index is 570. The average molecular weight is 294 g/mol. The highest BCUT2D eigenvalue weighted by molar-refractivity contribution is 5.91. The van der Waals surface area contributed by atoms with Crippen LogP contribution in [0.5, 0.6) is 0 Å². The smallest absolute Gasteiger partial charge is 0.337 e. The second kappa shape index (κ2) is 5.69. The van der Waals surface area contributed by atoms with E-state index in [1.807, 2.05) is 0 Å². The van der Waals surface area contributed by atoms with Gasteiger partial charge in [-0.25, -0.2) is 4.79 Å². The molecule has 7 nitrogen and oxygen atoms in total. The Morgan fingerprint density at radius 2 is 2.24 bits per heavy atom. The second-order valence-electron chi connectivity index (χ2n) is 5.47. The summed E-state index contributed by atoms with van der Waals surface area (Å²) in [5.41, 5.74) is -0.389. The summed E-state index contributed by atoms with van der Waals surface area (Å²) in [5.74, 6) is -0.546. The van der Waals surface area contributed by atoms with Crippen LogP contribution in [-0.2, 0) is 4.74 Å². The largest absolute Gasteiger partial charge is 0.465 e. The van der Waals surface area contributed by atoms with E-state index < -0.39 is 16.5 Å². The lowest BCUT2D eigenvalue weighted by Gasteiger charge is -2.38. The molecule has 1 aromatic carbocycles. The van der Waals surface area contributed by atoms with Gasteiger partial charge in [-0.2, -0.15) is 0 Å². The number of β-amino-alcohol motifs (C(OH)–C–C–N with tert-alkyl or cyclic N) is 1. The molecule has 1 heterocycles. The van der Waals surface area contributed by atoms with E-state index >= 15 is 0 Å². The quantitative estimate of drug-likeness (QED) is 0.518. The highest BCUT2D eigenvalue weighted by Crippen LogP contribution is 2.33. The summed E-state index contributed by atoms with van der Waals surface area (Å²) < 4.78 is 4.64. The van der Waals surface area contributed by atoms with Crippen molar-refractivity contribution in [1.29, 1.82) is 0 Å². The Balaban J connectivity index is 2.43. The summed E-state index contributed by atoms with van der Waals surface area (Å²) in [5, 5.41) is 21.3. The monoisotopic (exact) mass is 294 g/mol. The molecular weight excluding hydrogens is 276 g/mol. The van der Waals surface area contributed by atoms with E-state index in [1.165, 1.54) is 25.3 Å². The number of hydrogen-bond acceptors (Lipinski definition) is 6. The van der Waals surface area contributed by atoms with Crippen LogP contribution in [0.1, 0.15) is 30.1 Å². The standard InChI is InChI=1S/C14H18N2O5/c1-14(18)6-3-7-15(9-14)12-8-10(13(17)21-2)4-5-11(12)16(19)20/h4-5,8,18H,3,6-7,9H2,1-2H3. The first kappa shape index (κ1) is 15.2. The van der Waals surface area contributed by atoms with Crippen LogP contribution in [0.3, 0.4) is 0 Å². The summed E-state index contributed by atoms with van der Waals surface area (Å²) >= 11 is 0. The second-order valence-corrected chi connectivity index (χ2v) is 5.47. The van der Waals surface area contributed by atoms with Crippen LogP contribution in [-0.4, -0.2) is 41.8 Å². The van der Waals surface area contributed by atoms with Crippen molar-refractivity contribution in [2.75, 3.05) is 25.1 Å². The van der Waals surface area contributed by atoms with Gasteiger partial charge in [0.15, 0.2) is 0 Å². The minimum absolute atomic E-state index is 0.0830. The number of carbonyl (C=O) groups excluding carboxylic acids is 1. The average Bonchev–Trinajstić information content (AvgIpc) is 2.44. The summed E-state index contributed by atoms with van der Waals surface area (Å²) in [6, 6.07) is 4.12. The SMILES string of the molecule is COC(=O)c1ccc([N+](=O)[O-])c(N2CCCC(C)(O)C2)c1. The maximum absolute atomic E-state index is 11.6. The first-order chi connectivity index (χ1) is 9.84. The van der Waals surface area contributed by atoms with Crippen LogP contribution < -0.4 is 4.90 Å². The van der Waals surface area contributed by atoms with Gasteiger partial charge in [-0.1, -0.05) is 0 Å². The molecular formula is C14H18N2O5. The summed E-state index contributed by atoms with van der Waals surface area (Å²) in [6.07, 6.45) is 1.38. The van der Waals surface area contributed by atoms with E-state index in [2.05, 4.69) is 4.74 Å². The van der Waals surface area contributed by atoms with E-state index in [4.69, 9.17) is 0 Å². The molecule has 1 atom stereocenters. The number of ether oxygens (including phenoxy) is 1. The Morgan fingerprint density at radius 1 is 1.52 bits per heavy atom. The van der Waals surface area contributed by atoms with Crippen molar-refractivity contribution in [1.82, 2.24) is 0 Å². The zero-order valence-electron chi connectivity index (χ0n) is 12.0. The predicted molar refractivity (Wildman–Crippen MR) is 76.5 cm³/mol. The van der Waals surface area contributed by atoms with Crippen molar-refractivity contribution >= 4 is 17.3 Å². The Labute approximate surface area is 122 Å². The van der Waals surface area contributed by atoms with Crippen molar-refractivity contribution in [3.05, 3.63) is 33.9 Å². The van der Waals surface area contributed by atoms with Crippen LogP contribution in [0.2, 0.25) is 0 Å². The van der Waals surface area contributed by atoms with Gasteiger partial charge in [0.05, 0.1) is 23.2 Å². The molecule has 1 N–H and O–H groups in total. The third-order valence-corrected chi connectivity index (χ3v) is 3.61. The maximum atomic E-state index is 11.6. The number of nitrogens with zero attached hydrogens (tertiary/aromatic N) is 2. The highest BCUT2D eigenvalue weighted by atomic mass is 16.6. The molecule has 0 spiro atoms. The molecule has 0 amide bonds. The van der Waals surface area contributed by atoms with Gasteiger partial charge in [0.25, 0.3) is 5.69 Å². The fraction of sp³-hybridized carbons (Fsp3) is 0.500. The number of esters is 1. The van der Waals surface area contributed by atoms with Gasteiger partial charge >= 0.3 is 5.97 Å². The molecule has 2 rings (SSSR count). The number of piperidine rings is 1. The van der Waals surface area contributed by atoms with Gasteiger partial charge < -0.3 is 14.7 Å². The Kier molecular flexibility index (Phi) is 4.13. The van der Waals surface area contributed by atoms with E-state index in [-0.39, 0.29) is 11.3 Å². The van der Waals surface area contributed by atoms with Gasteiger partial charge in [-0.15, -0.1) is 0 Å². The van der Waals surface area contributed by atoms with Gasteiger partial charge in [-0.05, 0) is 31.9 Å².